The third-order valence-electron chi connectivity index (χ3n) is 1.68. The molecule has 0 aromatic heterocycles. The highest BCUT2D eigenvalue weighted by Gasteiger charge is 2.30. The van der Waals surface area contributed by atoms with Gasteiger partial charge >= 0.3 is 6.30 Å². The van der Waals surface area contributed by atoms with Crippen molar-refractivity contribution >= 4 is 17.6 Å². The summed E-state index contributed by atoms with van der Waals surface area (Å²) >= 11 is 5.57. The molecule has 0 unspecified atom stereocenters. The lowest BCUT2D eigenvalue weighted by Crippen LogP contribution is -2.43. The van der Waals surface area contributed by atoms with Crippen LogP contribution in [0.15, 0.2) is 28.5 Å². The van der Waals surface area contributed by atoms with Crippen LogP contribution in [-0.2, 0) is 0 Å². The standard InChI is InChI=1S/C8H9ClF3N3/c1-3-15-5(2)4-6(9)13-7(15)14-8(10,11)12/h4H,2-3H2,1H3,(H,13,14). The second kappa shape index (κ2) is 4.14. The molecule has 0 fully saturated rings. The zero-order valence-electron chi connectivity index (χ0n) is 7.90. The van der Waals surface area contributed by atoms with Crippen LogP contribution in [0.5, 0.6) is 0 Å². The van der Waals surface area contributed by atoms with Crippen LogP contribution in [0.1, 0.15) is 6.92 Å². The molecular weight excluding hydrogens is 231 g/mol. The van der Waals surface area contributed by atoms with Crippen LogP contribution in [-0.4, -0.2) is 23.7 Å². The summed E-state index contributed by atoms with van der Waals surface area (Å²) in [6.07, 6.45) is -3.20. The van der Waals surface area contributed by atoms with Crippen LogP contribution >= 0.6 is 11.6 Å². The summed E-state index contributed by atoms with van der Waals surface area (Å²) < 4.78 is 36.2. The molecule has 3 nitrogen and oxygen atoms in total. The minimum absolute atomic E-state index is 0.0627. The van der Waals surface area contributed by atoms with Gasteiger partial charge in [0.1, 0.15) is 5.16 Å². The third kappa shape index (κ3) is 3.16. The van der Waals surface area contributed by atoms with Crippen molar-refractivity contribution in [3.63, 3.8) is 0 Å². The minimum atomic E-state index is -4.63. The number of guanidine groups is 1. The predicted molar refractivity (Wildman–Crippen MR) is 52.1 cm³/mol. The number of alkyl halides is 3. The van der Waals surface area contributed by atoms with Gasteiger partial charge in [0.25, 0.3) is 0 Å². The van der Waals surface area contributed by atoms with Crippen molar-refractivity contribution in [2.24, 2.45) is 4.99 Å². The molecule has 0 atom stereocenters. The van der Waals surface area contributed by atoms with E-state index in [4.69, 9.17) is 11.6 Å². The van der Waals surface area contributed by atoms with Crippen molar-refractivity contribution in [2.45, 2.75) is 13.2 Å². The first-order chi connectivity index (χ1) is 6.83. The highest BCUT2D eigenvalue weighted by atomic mass is 35.5. The first-order valence-electron chi connectivity index (χ1n) is 4.10. The monoisotopic (exact) mass is 239 g/mol. The van der Waals surface area contributed by atoms with E-state index in [9.17, 15) is 13.2 Å². The van der Waals surface area contributed by atoms with Crippen molar-refractivity contribution < 1.29 is 13.2 Å². The average Bonchev–Trinajstić information content (AvgIpc) is 1.99. The lowest BCUT2D eigenvalue weighted by atomic mass is 10.3. The maximum Gasteiger partial charge on any atom is 0.506 e. The summed E-state index contributed by atoms with van der Waals surface area (Å²) in [5.41, 5.74) is 0.365. The van der Waals surface area contributed by atoms with Crippen molar-refractivity contribution in [2.75, 3.05) is 6.54 Å². The number of hydrogen-bond acceptors (Lipinski definition) is 1. The molecule has 0 aromatic rings. The van der Waals surface area contributed by atoms with E-state index in [1.54, 1.807) is 6.92 Å². The maximum atomic E-state index is 12.1. The predicted octanol–water partition coefficient (Wildman–Crippen LogP) is 2.38. The molecule has 0 saturated heterocycles. The van der Waals surface area contributed by atoms with Gasteiger partial charge in [0, 0.05) is 12.2 Å². The van der Waals surface area contributed by atoms with Crippen molar-refractivity contribution in [1.82, 2.24) is 10.2 Å². The number of rotatable bonds is 1. The van der Waals surface area contributed by atoms with Gasteiger partial charge in [0.15, 0.2) is 0 Å². The normalized spacial score (nSPS) is 20.3. The number of halogens is 4. The molecule has 1 N–H and O–H groups in total. The second-order valence-electron chi connectivity index (χ2n) is 2.76. The molecule has 7 heteroatoms. The van der Waals surface area contributed by atoms with Crippen LogP contribution in [0.25, 0.3) is 0 Å². The Morgan fingerprint density at radius 1 is 1.60 bits per heavy atom. The van der Waals surface area contributed by atoms with Crippen molar-refractivity contribution in [3.8, 4) is 0 Å². The first kappa shape index (κ1) is 11.9. The summed E-state index contributed by atoms with van der Waals surface area (Å²) in [6.45, 7) is 5.58. The molecule has 1 aliphatic rings. The minimum Gasteiger partial charge on any atom is -0.316 e. The zero-order valence-corrected chi connectivity index (χ0v) is 8.65. The Morgan fingerprint density at radius 3 is 2.67 bits per heavy atom. The van der Waals surface area contributed by atoms with Gasteiger partial charge in [-0.1, -0.05) is 18.2 Å². The molecular formula is C8H9ClF3N3. The number of likely N-dealkylation sites (N-methyl/N-ethyl adjacent to an activating group) is 1. The Balaban J connectivity index is 3.03. The smallest absolute Gasteiger partial charge is 0.316 e. The molecule has 0 bridgehead atoms. The zero-order chi connectivity index (χ0) is 11.6. The SMILES string of the molecule is C=C1C=C(Cl)NC(=NC(F)(F)F)N1CC. The fourth-order valence-electron chi connectivity index (χ4n) is 1.13. The van der Waals surface area contributed by atoms with Gasteiger partial charge < -0.3 is 10.2 Å². The van der Waals surface area contributed by atoms with E-state index in [0.29, 0.717) is 12.2 Å². The summed E-state index contributed by atoms with van der Waals surface area (Å²) in [5.74, 6) is -0.359. The van der Waals surface area contributed by atoms with Gasteiger partial charge in [-0.3, -0.25) is 0 Å². The Morgan fingerprint density at radius 2 is 2.20 bits per heavy atom. The van der Waals surface area contributed by atoms with E-state index in [1.165, 1.54) is 11.0 Å². The third-order valence-corrected chi connectivity index (χ3v) is 1.88. The maximum absolute atomic E-state index is 12.1. The molecule has 1 aliphatic heterocycles. The topological polar surface area (TPSA) is 27.6 Å². The van der Waals surface area contributed by atoms with Gasteiger partial charge in [-0.15, -0.1) is 18.2 Å². The lowest BCUT2D eigenvalue weighted by Gasteiger charge is -2.29. The number of nitrogens with zero attached hydrogens (tertiary/aromatic N) is 2. The highest BCUT2D eigenvalue weighted by molar-refractivity contribution is 6.30. The van der Waals surface area contributed by atoms with E-state index in [0.717, 1.165) is 0 Å². The molecule has 0 amide bonds. The quantitative estimate of drug-likeness (QED) is 0.712. The first-order valence-corrected chi connectivity index (χ1v) is 4.48. The molecule has 0 radical (unpaired) electrons. The molecule has 0 aliphatic carbocycles. The molecule has 84 valence electrons. The fourth-order valence-corrected chi connectivity index (χ4v) is 1.34. The Labute approximate surface area is 89.9 Å². The number of hydrogen-bond donors (Lipinski definition) is 1. The summed E-state index contributed by atoms with van der Waals surface area (Å²) in [7, 11) is 0. The molecule has 0 spiro atoms. The van der Waals surface area contributed by atoms with Crippen LogP contribution in [0.2, 0.25) is 0 Å². The molecule has 1 heterocycles. The van der Waals surface area contributed by atoms with E-state index in [-0.39, 0.29) is 11.1 Å². The van der Waals surface area contributed by atoms with Crippen LogP contribution in [0, 0.1) is 0 Å². The fraction of sp³-hybridized carbons (Fsp3) is 0.375. The molecule has 1 rings (SSSR count). The number of aliphatic imine (C=N–C) groups is 1. The second-order valence-corrected chi connectivity index (χ2v) is 3.16. The summed E-state index contributed by atoms with van der Waals surface area (Å²) in [5, 5.41) is 2.39. The summed E-state index contributed by atoms with van der Waals surface area (Å²) in [6, 6.07) is 0. The van der Waals surface area contributed by atoms with E-state index >= 15 is 0 Å². The van der Waals surface area contributed by atoms with Crippen molar-refractivity contribution in [1.29, 1.82) is 0 Å². The summed E-state index contributed by atoms with van der Waals surface area (Å²) in [4.78, 5) is 3.84. The average molecular weight is 240 g/mol. The Kier molecular flexibility index (Phi) is 3.28. The number of allylic oxidation sites excluding steroid dienone is 1. The lowest BCUT2D eigenvalue weighted by molar-refractivity contribution is -0.120. The van der Waals surface area contributed by atoms with Gasteiger partial charge in [-0.05, 0) is 13.0 Å². The van der Waals surface area contributed by atoms with Gasteiger partial charge in [0.05, 0.1) is 0 Å². The number of nitrogens with one attached hydrogen (secondary N) is 1. The largest absolute Gasteiger partial charge is 0.506 e. The Hall–Kier alpha value is -1.17. The highest BCUT2D eigenvalue weighted by Crippen LogP contribution is 2.21. The molecule has 15 heavy (non-hydrogen) atoms. The Bertz CT molecular complexity index is 333. The van der Waals surface area contributed by atoms with Crippen LogP contribution in [0.4, 0.5) is 13.2 Å². The molecule has 0 aromatic carbocycles. The van der Waals surface area contributed by atoms with Crippen LogP contribution in [0.3, 0.4) is 0 Å². The van der Waals surface area contributed by atoms with E-state index < -0.39 is 6.30 Å². The van der Waals surface area contributed by atoms with Crippen LogP contribution < -0.4 is 5.32 Å². The van der Waals surface area contributed by atoms with E-state index in [2.05, 4.69) is 16.9 Å². The van der Waals surface area contributed by atoms with Gasteiger partial charge in [-0.25, -0.2) is 0 Å². The van der Waals surface area contributed by atoms with Gasteiger partial charge in [-0.2, -0.15) is 0 Å². The van der Waals surface area contributed by atoms with Crippen molar-refractivity contribution in [3.05, 3.63) is 23.5 Å². The molecule has 0 saturated carbocycles. The van der Waals surface area contributed by atoms with Gasteiger partial charge in [0.2, 0.25) is 5.96 Å². The van der Waals surface area contributed by atoms with E-state index in [1.807, 2.05) is 0 Å².